The van der Waals surface area contributed by atoms with Crippen molar-refractivity contribution in [3.8, 4) is 22.8 Å². The first-order valence-corrected chi connectivity index (χ1v) is 10.7. The molecule has 162 valence electrons. The summed E-state index contributed by atoms with van der Waals surface area (Å²) < 4.78 is 13.7. The van der Waals surface area contributed by atoms with Gasteiger partial charge in [0.2, 0.25) is 5.88 Å². The van der Waals surface area contributed by atoms with Crippen LogP contribution in [0.5, 0.6) is 11.6 Å². The highest BCUT2D eigenvalue weighted by Crippen LogP contribution is 2.31. The summed E-state index contributed by atoms with van der Waals surface area (Å²) in [6.07, 6.45) is 5.63. The number of ether oxygens (including phenoxy) is 2. The highest BCUT2D eigenvalue weighted by Gasteiger charge is 2.30. The number of fused-ring (bicyclic) bond motifs is 1. The summed E-state index contributed by atoms with van der Waals surface area (Å²) in [7, 11) is 1.59. The third-order valence-electron chi connectivity index (χ3n) is 5.61. The predicted molar refractivity (Wildman–Crippen MR) is 119 cm³/mol. The first-order valence-electron chi connectivity index (χ1n) is 10.7. The third-order valence-corrected chi connectivity index (χ3v) is 5.61. The summed E-state index contributed by atoms with van der Waals surface area (Å²) in [6, 6.07) is 15.5. The Bertz CT molecular complexity index is 1250. The standard InChI is InChI=1S/C24H24N5O3/c1-16(19-9-12-22(31-2)25-14-19)32-20-10-7-18(8-11-20)21-4-3-13-28-23(21)26-24(27-28)29(30)15-17-5-6-17/h3-4,7-14,16-17H,5-6,15H2,1-2H3/q+1. The Balaban J connectivity index is 1.34. The van der Waals surface area contributed by atoms with Gasteiger partial charge in [-0.05, 0) is 71.3 Å². The monoisotopic (exact) mass is 430 g/mol. The molecule has 0 saturated heterocycles. The molecule has 3 aromatic heterocycles. The van der Waals surface area contributed by atoms with E-state index in [1.807, 2.05) is 61.7 Å². The fraction of sp³-hybridized carbons (Fsp3) is 0.292. The van der Waals surface area contributed by atoms with Crippen molar-refractivity contribution in [2.75, 3.05) is 13.7 Å². The zero-order valence-electron chi connectivity index (χ0n) is 18.0. The molecule has 32 heavy (non-hydrogen) atoms. The summed E-state index contributed by atoms with van der Waals surface area (Å²) in [5, 5.41) is 4.36. The number of nitroso groups, excluding NO2 is 1. The van der Waals surface area contributed by atoms with E-state index >= 15 is 0 Å². The van der Waals surface area contributed by atoms with Crippen LogP contribution in [0.1, 0.15) is 31.4 Å². The molecule has 1 aliphatic carbocycles. The van der Waals surface area contributed by atoms with Crippen molar-refractivity contribution in [1.82, 2.24) is 19.6 Å². The van der Waals surface area contributed by atoms with E-state index in [1.54, 1.807) is 17.8 Å². The molecule has 1 fully saturated rings. The number of aromatic nitrogens is 4. The van der Waals surface area contributed by atoms with E-state index in [9.17, 15) is 4.91 Å². The molecular weight excluding hydrogens is 406 g/mol. The average Bonchev–Trinajstić information content (AvgIpc) is 3.53. The number of hydrogen-bond donors (Lipinski definition) is 0. The number of nitrogens with zero attached hydrogens (tertiary/aromatic N) is 5. The minimum Gasteiger partial charge on any atom is -0.486 e. The van der Waals surface area contributed by atoms with Gasteiger partial charge in [-0.15, -0.1) is 4.52 Å². The highest BCUT2D eigenvalue weighted by molar-refractivity contribution is 5.77. The minimum atomic E-state index is -0.156. The van der Waals surface area contributed by atoms with Crippen molar-refractivity contribution >= 4 is 11.6 Å². The second-order valence-electron chi connectivity index (χ2n) is 8.02. The lowest BCUT2D eigenvalue weighted by atomic mass is 10.1. The first kappa shape index (κ1) is 20.1. The molecule has 8 heteroatoms. The third kappa shape index (κ3) is 4.16. The van der Waals surface area contributed by atoms with Crippen LogP contribution in [0.4, 0.5) is 5.95 Å². The van der Waals surface area contributed by atoms with Crippen LogP contribution in [-0.4, -0.2) is 38.0 Å². The lowest BCUT2D eigenvalue weighted by Gasteiger charge is -2.15. The first-order chi connectivity index (χ1) is 15.6. The van der Waals surface area contributed by atoms with Crippen molar-refractivity contribution in [2.24, 2.45) is 5.92 Å². The Kier molecular flexibility index (Phi) is 5.26. The van der Waals surface area contributed by atoms with Crippen LogP contribution in [0, 0.1) is 10.8 Å². The van der Waals surface area contributed by atoms with Crippen LogP contribution < -0.4 is 9.47 Å². The van der Waals surface area contributed by atoms with Gasteiger partial charge in [0.15, 0.2) is 0 Å². The predicted octanol–water partition coefficient (Wildman–Crippen LogP) is 4.76. The van der Waals surface area contributed by atoms with E-state index in [0.29, 0.717) is 24.0 Å². The molecule has 0 amide bonds. The zero-order chi connectivity index (χ0) is 22.1. The molecule has 1 unspecified atom stereocenters. The van der Waals surface area contributed by atoms with E-state index in [-0.39, 0.29) is 12.1 Å². The van der Waals surface area contributed by atoms with Crippen molar-refractivity contribution < 1.29 is 14.2 Å². The van der Waals surface area contributed by atoms with Gasteiger partial charge < -0.3 is 9.47 Å². The Morgan fingerprint density at radius 3 is 2.66 bits per heavy atom. The van der Waals surface area contributed by atoms with Crippen molar-refractivity contribution in [3.05, 3.63) is 71.4 Å². The highest BCUT2D eigenvalue weighted by atomic mass is 16.5. The molecule has 4 aromatic rings. The second kappa shape index (κ2) is 8.37. The molecule has 1 aromatic carbocycles. The lowest BCUT2D eigenvalue weighted by Crippen LogP contribution is -2.06. The Morgan fingerprint density at radius 2 is 1.97 bits per heavy atom. The van der Waals surface area contributed by atoms with Gasteiger partial charge in [0.1, 0.15) is 18.4 Å². The smallest absolute Gasteiger partial charge is 0.486 e. The van der Waals surface area contributed by atoms with E-state index in [0.717, 1.165) is 40.0 Å². The fourth-order valence-corrected chi connectivity index (χ4v) is 3.58. The number of benzene rings is 1. The number of hydrogen-bond acceptors (Lipinski definition) is 6. The Hall–Kier alpha value is -3.81. The fourth-order valence-electron chi connectivity index (χ4n) is 3.58. The molecule has 1 atom stereocenters. The summed E-state index contributed by atoms with van der Waals surface area (Å²) in [5.41, 5.74) is 3.50. The van der Waals surface area contributed by atoms with Crippen LogP contribution in [0.3, 0.4) is 0 Å². The van der Waals surface area contributed by atoms with Crippen LogP contribution >= 0.6 is 0 Å². The van der Waals surface area contributed by atoms with Crippen LogP contribution in [-0.2, 0) is 0 Å². The Labute approximate surface area is 185 Å². The maximum Gasteiger partial charge on any atom is 0.492 e. The SMILES string of the molecule is COc1ccc(C(C)Oc2ccc(-c3cccn4nc([N+](=O)CC5CC5)nc34)cc2)cn1. The molecule has 3 heterocycles. The topological polar surface area (TPSA) is 81.6 Å². The Morgan fingerprint density at radius 1 is 1.16 bits per heavy atom. The van der Waals surface area contributed by atoms with Crippen LogP contribution in [0.15, 0.2) is 60.9 Å². The molecule has 1 aliphatic rings. The molecule has 5 rings (SSSR count). The van der Waals surface area contributed by atoms with E-state index < -0.39 is 0 Å². The van der Waals surface area contributed by atoms with Crippen molar-refractivity contribution in [3.63, 3.8) is 0 Å². The minimum absolute atomic E-state index is 0.156. The van der Waals surface area contributed by atoms with Gasteiger partial charge in [0.05, 0.1) is 7.11 Å². The molecule has 8 nitrogen and oxygen atoms in total. The van der Waals surface area contributed by atoms with Gasteiger partial charge in [-0.25, -0.2) is 4.98 Å². The maximum atomic E-state index is 12.4. The van der Waals surface area contributed by atoms with Gasteiger partial charge in [0, 0.05) is 34.7 Å². The number of pyridine rings is 2. The zero-order valence-corrected chi connectivity index (χ0v) is 18.0. The van der Waals surface area contributed by atoms with E-state index in [1.165, 1.54) is 0 Å². The summed E-state index contributed by atoms with van der Waals surface area (Å²) in [4.78, 5) is 21.1. The molecule has 0 bridgehead atoms. The van der Waals surface area contributed by atoms with Gasteiger partial charge in [-0.2, -0.15) is 0 Å². The second-order valence-corrected chi connectivity index (χ2v) is 8.02. The summed E-state index contributed by atoms with van der Waals surface area (Å²) >= 11 is 0. The van der Waals surface area contributed by atoms with Crippen molar-refractivity contribution in [2.45, 2.75) is 25.9 Å². The van der Waals surface area contributed by atoms with Crippen molar-refractivity contribution in [1.29, 1.82) is 0 Å². The summed E-state index contributed by atoms with van der Waals surface area (Å²) in [6.45, 7) is 2.44. The molecule has 0 N–H and O–H groups in total. The molecule has 1 saturated carbocycles. The average molecular weight is 430 g/mol. The molecule has 0 radical (unpaired) electrons. The number of methoxy groups -OCH3 is 1. The molecule has 0 aliphatic heterocycles. The van der Waals surface area contributed by atoms with Crippen LogP contribution in [0.25, 0.3) is 16.8 Å². The van der Waals surface area contributed by atoms with Crippen LogP contribution in [0.2, 0.25) is 0 Å². The van der Waals surface area contributed by atoms with Gasteiger partial charge in [0.25, 0.3) is 5.65 Å². The van der Waals surface area contributed by atoms with Gasteiger partial charge in [-0.1, -0.05) is 17.0 Å². The largest absolute Gasteiger partial charge is 0.492 e. The number of rotatable bonds is 8. The van der Waals surface area contributed by atoms with E-state index in [2.05, 4.69) is 15.1 Å². The molecule has 0 spiro atoms. The van der Waals surface area contributed by atoms with Gasteiger partial charge in [-0.3, -0.25) is 0 Å². The lowest BCUT2D eigenvalue weighted by molar-refractivity contribution is -0.474. The quantitative estimate of drug-likeness (QED) is 0.375. The summed E-state index contributed by atoms with van der Waals surface area (Å²) in [5.74, 6) is 2.01. The normalized spacial score (nSPS) is 14.3. The van der Waals surface area contributed by atoms with Gasteiger partial charge >= 0.3 is 5.95 Å². The maximum absolute atomic E-state index is 12.4. The van der Waals surface area contributed by atoms with E-state index in [4.69, 9.17) is 9.47 Å². The molecular formula is C24H24N5O3+.